The van der Waals surface area contributed by atoms with Gasteiger partial charge in [-0.05, 0) is 46.8 Å². The van der Waals surface area contributed by atoms with Gasteiger partial charge in [-0.2, -0.15) is 0 Å². The van der Waals surface area contributed by atoms with Crippen LogP contribution in [0.1, 0.15) is 21.6 Å². The van der Waals surface area contributed by atoms with Gasteiger partial charge < -0.3 is 19.7 Å². The lowest BCUT2D eigenvalue weighted by molar-refractivity contribution is -0.140. The maximum Gasteiger partial charge on any atom is 0.246 e. The number of aromatic nitrogens is 1. The zero-order valence-electron chi connectivity index (χ0n) is 20.1. The molecule has 1 N–H and O–H groups in total. The van der Waals surface area contributed by atoms with Gasteiger partial charge in [-0.3, -0.25) is 14.5 Å². The molecule has 36 heavy (non-hydrogen) atoms. The number of hydrogen-bond donors (Lipinski definition) is 1. The molecular weight excluding hydrogens is 476 g/mol. The zero-order valence-corrected chi connectivity index (χ0v) is 20.9. The van der Waals surface area contributed by atoms with Crippen molar-refractivity contribution in [3.63, 3.8) is 0 Å². The highest BCUT2D eigenvalue weighted by Crippen LogP contribution is 2.23. The molecule has 0 spiro atoms. The van der Waals surface area contributed by atoms with Gasteiger partial charge in [0.15, 0.2) is 0 Å². The van der Waals surface area contributed by atoms with Crippen molar-refractivity contribution < 1.29 is 19.1 Å². The van der Waals surface area contributed by atoms with E-state index in [-0.39, 0.29) is 24.5 Å². The average Bonchev–Trinajstić information content (AvgIpc) is 3.31. The van der Waals surface area contributed by atoms with E-state index in [0.29, 0.717) is 38.6 Å². The fraction of sp³-hybridized carbons (Fsp3) is 0.296. The van der Waals surface area contributed by atoms with Crippen molar-refractivity contribution in [1.29, 1.82) is 0 Å². The number of nitrogens with zero attached hydrogens (tertiary/aromatic N) is 3. The summed E-state index contributed by atoms with van der Waals surface area (Å²) < 4.78 is 11.1. The molecule has 0 unspecified atom stereocenters. The number of carbonyl (C=O) groups excluding carboxylic acids is 2. The third kappa shape index (κ3) is 5.99. The van der Waals surface area contributed by atoms with Crippen LogP contribution in [0.3, 0.4) is 0 Å². The van der Waals surface area contributed by atoms with Gasteiger partial charge in [-0.1, -0.05) is 18.2 Å². The van der Waals surface area contributed by atoms with E-state index in [2.05, 4.69) is 15.2 Å². The molecule has 1 saturated heterocycles. The molecule has 2 aliphatic rings. The summed E-state index contributed by atoms with van der Waals surface area (Å²) in [6.45, 7) is 3.26. The number of carbonyl (C=O) groups is 2. The molecule has 9 heteroatoms. The lowest BCUT2D eigenvalue weighted by atomic mass is 10.1. The summed E-state index contributed by atoms with van der Waals surface area (Å²) in [5.74, 6) is 1.22. The number of likely N-dealkylation sites (tertiary alicyclic amines) is 1. The molecule has 0 radical (unpaired) electrons. The smallest absolute Gasteiger partial charge is 0.246 e. The Hall–Kier alpha value is -3.53. The molecule has 0 aliphatic carbocycles. The van der Waals surface area contributed by atoms with Gasteiger partial charge in [0.05, 0.1) is 26.4 Å². The van der Waals surface area contributed by atoms with E-state index in [0.717, 1.165) is 22.4 Å². The summed E-state index contributed by atoms with van der Waals surface area (Å²) in [7, 11) is 1.64. The molecular formula is C27H28N4O4S. The van der Waals surface area contributed by atoms with Crippen molar-refractivity contribution in [3.05, 3.63) is 81.7 Å². The third-order valence-electron chi connectivity index (χ3n) is 6.19. The number of hydrogen-bond acceptors (Lipinski definition) is 7. The number of anilines is 1. The van der Waals surface area contributed by atoms with Crippen molar-refractivity contribution in [2.24, 2.45) is 0 Å². The lowest BCUT2D eigenvalue weighted by Crippen LogP contribution is -2.54. The number of ether oxygens (including phenoxy) is 2. The predicted octanol–water partition coefficient (Wildman–Crippen LogP) is 3.55. The summed E-state index contributed by atoms with van der Waals surface area (Å²) in [5, 5.41) is 4.92. The normalized spacial score (nSPS) is 16.4. The van der Waals surface area contributed by atoms with Crippen LogP contribution in [-0.4, -0.2) is 59.4 Å². The van der Waals surface area contributed by atoms with Crippen LogP contribution in [0.15, 0.2) is 60.1 Å². The molecule has 8 nitrogen and oxygen atoms in total. The van der Waals surface area contributed by atoms with E-state index in [9.17, 15) is 9.59 Å². The summed E-state index contributed by atoms with van der Waals surface area (Å²) in [6.07, 6.45) is 5.10. The first-order valence-electron chi connectivity index (χ1n) is 11.8. The van der Waals surface area contributed by atoms with E-state index < -0.39 is 0 Å². The third-order valence-corrected chi connectivity index (χ3v) is 7.04. The molecule has 1 aromatic carbocycles. The van der Waals surface area contributed by atoms with Crippen molar-refractivity contribution in [2.75, 3.05) is 32.1 Å². The van der Waals surface area contributed by atoms with Crippen LogP contribution in [0.25, 0.3) is 6.08 Å². The second-order valence-electron chi connectivity index (χ2n) is 8.91. The van der Waals surface area contributed by atoms with Crippen LogP contribution in [0.2, 0.25) is 0 Å². The highest BCUT2D eigenvalue weighted by atomic mass is 32.1. The molecule has 186 valence electrons. The molecule has 0 bridgehead atoms. The first-order valence-corrected chi connectivity index (χ1v) is 12.7. The largest absolute Gasteiger partial charge is 0.497 e. The molecule has 5 rings (SSSR count). The SMILES string of the molecule is COc1ccc(CN2CC(=O)Nc3ncc(C=CC(=O)N4CC(OCc5cccs5)C4)cc3C2)cc1. The minimum absolute atomic E-state index is 0.0460. The Bertz CT molecular complexity index is 1240. The van der Waals surface area contributed by atoms with E-state index in [4.69, 9.17) is 9.47 Å². The Labute approximate surface area is 214 Å². The standard InChI is InChI=1S/C27H28N4O4S/c1-34-22-7-4-19(5-8-22)13-30-14-21-11-20(12-28-27(21)29-25(32)17-30)6-9-26(33)31-15-23(16-31)35-18-24-3-2-10-36-24/h2-12,23H,13-18H2,1H3,(H,28,29,32). The number of pyridine rings is 1. The highest BCUT2D eigenvalue weighted by Gasteiger charge is 2.30. The Kier molecular flexibility index (Phi) is 7.41. The number of thiophene rings is 1. The predicted molar refractivity (Wildman–Crippen MR) is 138 cm³/mol. The molecule has 2 aliphatic heterocycles. The summed E-state index contributed by atoms with van der Waals surface area (Å²) in [5.41, 5.74) is 2.82. The minimum Gasteiger partial charge on any atom is -0.497 e. The van der Waals surface area contributed by atoms with Gasteiger partial charge in [0.2, 0.25) is 11.8 Å². The monoisotopic (exact) mass is 504 g/mol. The van der Waals surface area contributed by atoms with Crippen molar-refractivity contribution >= 4 is 35.0 Å². The number of nitrogens with one attached hydrogen (secondary N) is 1. The molecule has 0 atom stereocenters. The van der Waals surface area contributed by atoms with Gasteiger partial charge in [0, 0.05) is 48.9 Å². The fourth-order valence-electron chi connectivity index (χ4n) is 4.22. The molecule has 0 saturated carbocycles. The second-order valence-corrected chi connectivity index (χ2v) is 9.94. The quantitative estimate of drug-likeness (QED) is 0.473. The number of benzene rings is 1. The first-order chi connectivity index (χ1) is 17.6. The van der Waals surface area contributed by atoms with Crippen molar-refractivity contribution in [3.8, 4) is 5.75 Å². The van der Waals surface area contributed by atoms with E-state index in [1.54, 1.807) is 41.7 Å². The van der Waals surface area contributed by atoms with Gasteiger partial charge in [0.1, 0.15) is 11.6 Å². The Morgan fingerprint density at radius 2 is 2.06 bits per heavy atom. The van der Waals surface area contributed by atoms with Crippen molar-refractivity contribution in [1.82, 2.24) is 14.8 Å². The van der Waals surface area contributed by atoms with Crippen LogP contribution in [0.5, 0.6) is 5.75 Å². The van der Waals surface area contributed by atoms with Crippen LogP contribution in [0, 0.1) is 0 Å². The second kappa shape index (κ2) is 11.0. The van der Waals surface area contributed by atoms with E-state index in [1.165, 1.54) is 4.88 Å². The molecule has 4 heterocycles. The maximum absolute atomic E-state index is 12.6. The molecule has 1 fully saturated rings. The van der Waals surface area contributed by atoms with Crippen LogP contribution in [-0.2, 0) is 34.0 Å². The number of fused-ring (bicyclic) bond motifs is 1. The van der Waals surface area contributed by atoms with Crippen molar-refractivity contribution in [2.45, 2.75) is 25.8 Å². The topological polar surface area (TPSA) is 84.0 Å². The van der Waals surface area contributed by atoms with E-state index >= 15 is 0 Å². The van der Waals surface area contributed by atoms with Gasteiger partial charge in [-0.15, -0.1) is 11.3 Å². The first kappa shape index (κ1) is 24.2. The summed E-state index contributed by atoms with van der Waals surface area (Å²) in [4.78, 5) is 34.4. The Morgan fingerprint density at radius 1 is 1.22 bits per heavy atom. The number of rotatable bonds is 8. The lowest BCUT2D eigenvalue weighted by Gasteiger charge is -2.38. The van der Waals surface area contributed by atoms with Crippen LogP contribution in [0.4, 0.5) is 5.82 Å². The minimum atomic E-state index is -0.0955. The molecule has 3 aromatic rings. The summed E-state index contributed by atoms with van der Waals surface area (Å²) >= 11 is 1.67. The number of amides is 2. The van der Waals surface area contributed by atoms with Crippen LogP contribution >= 0.6 is 11.3 Å². The number of methoxy groups -OCH3 is 1. The maximum atomic E-state index is 12.6. The Morgan fingerprint density at radius 3 is 2.81 bits per heavy atom. The Balaban J connectivity index is 1.17. The fourth-order valence-corrected chi connectivity index (χ4v) is 4.84. The van der Waals surface area contributed by atoms with Crippen LogP contribution < -0.4 is 10.1 Å². The van der Waals surface area contributed by atoms with E-state index in [1.807, 2.05) is 47.8 Å². The zero-order chi connectivity index (χ0) is 24.9. The van der Waals surface area contributed by atoms with Gasteiger partial charge in [-0.25, -0.2) is 4.98 Å². The molecule has 2 amide bonds. The average molecular weight is 505 g/mol. The highest BCUT2D eigenvalue weighted by molar-refractivity contribution is 7.09. The summed E-state index contributed by atoms with van der Waals surface area (Å²) in [6, 6.07) is 13.9. The van der Waals surface area contributed by atoms with Gasteiger partial charge in [0.25, 0.3) is 0 Å². The van der Waals surface area contributed by atoms with Gasteiger partial charge >= 0.3 is 0 Å². The molecule has 2 aromatic heterocycles.